The largest absolute Gasteiger partial charge is 0.351 e. The quantitative estimate of drug-likeness (QED) is 0.525. The zero-order valence-electron chi connectivity index (χ0n) is 7.58. The summed E-state index contributed by atoms with van der Waals surface area (Å²) in [7, 11) is 3.88. The van der Waals surface area contributed by atoms with Crippen molar-refractivity contribution in [1.29, 1.82) is 0 Å². The normalized spacial score (nSPS) is 24.6. The number of amides is 2. The van der Waals surface area contributed by atoms with E-state index in [-0.39, 0.29) is 12.2 Å². The van der Waals surface area contributed by atoms with Crippen LogP contribution in [0, 0.1) is 0 Å². The molecule has 12 heavy (non-hydrogen) atoms. The van der Waals surface area contributed by atoms with Gasteiger partial charge in [-0.15, -0.1) is 0 Å². The van der Waals surface area contributed by atoms with E-state index in [2.05, 4.69) is 5.32 Å². The first-order valence-electron chi connectivity index (χ1n) is 4.06. The Hall–Kier alpha value is -0.810. The summed E-state index contributed by atoms with van der Waals surface area (Å²) in [6.45, 7) is 2.31. The van der Waals surface area contributed by atoms with Crippen molar-refractivity contribution in [2.24, 2.45) is 5.73 Å². The van der Waals surface area contributed by atoms with Gasteiger partial charge in [-0.05, 0) is 14.1 Å². The number of piperazine rings is 1. The summed E-state index contributed by atoms with van der Waals surface area (Å²) in [5.74, 6) is 0. The van der Waals surface area contributed by atoms with Gasteiger partial charge in [0.05, 0.1) is 6.17 Å². The Balaban J connectivity index is 2.60. The number of primary amides is 1. The monoisotopic (exact) mass is 172 g/mol. The molecule has 5 nitrogen and oxygen atoms in total. The molecule has 0 spiro atoms. The zero-order chi connectivity index (χ0) is 9.14. The van der Waals surface area contributed by atoms with Crippen LogP contribution in [0.3, 0.4) is 0 Å². The van der Waals surface area contributed by atoms with Crippen LogP contribution in [0.5, 0.6) is 0 Å². The van der Waals surface area contributed by atoms with Gasteiger partial charge < -0.3 is 16.0 Å². The lowest BCUT2D eigenvalue weighted by molar-refractivity contribution is 0.0862. The molecule has 0 saturated carbocycles. The summed E-state index contributed by atoms with van der Waals surface area (Å²) in [4.78, 5) is 14.6. The number of nitrogens with one attached hydrogen (secondary N) is 1. The molecule has 0 aromatic heterocycles. The highest BCUT2D eigenvalue weighted by Gasteiger charge is 2.25. The highest BCUT2D eigenvalue weighted by Crippen LogP contribution is 2.04. The molecule has 0 bridgehead atoms. The molecule has 1 rings (SSSR count). The maximum Gasteiger partial charge on any atom is 0.316 e. The van der Waals surface area contributed by atoms with Crippen LogP contribution in [0.1, 0.15) is 0 Å². The van der Waals surface area contributed by atoms with E-state index in [1.54, 1.807) is 4.90 Å². The fraction of sp³-hybridized carbons (Fsp3) is 0.857. The molecule has 70 valence electrons. The average Bonchev–Trinajstić information content (AvgIpc) is 2.04. The summed E-state index contributed by atoms with van der Waals surface area (Å²) < 4.78 is 0. The maximum atomic E-state index is 11.0. The van der Waals surface area contributed by atoms with Crippen LogP contribution in [0.2, 0.25) is 0 Å². The molecule has 3 N–H and O–H groups in total. The Kier molecular flexibility index (Phi) is 2.88. The third kappa shape index (κ3) is 1.86. The predicted molar refractivity (Wildman–Crippen MR) is 46.6 cm³/mol. The Morgan fingerprint density at radius 1 is 1.67 bits per heavy atom. The minimum Gasteiger partial charge on any atom is -0.351 e. The number of carbonyl (C=O) groups is 1. The van der Waals surface area contributed by atoms with Crippen molar-refractivity contribution in [3.05, 3.63) is 0 Å². The second-order valence-corrected chi connectivity index (χ2v) is 3.18. The van der Waals surface area contributed by atoms with Crippen LogP contribution in [0.4, 0.5) is 4.79 Å². The summed E-state index contributed by atoms with van der Waals surface area (Å²) in [6.07, 6.45) is 0.0937. The van der Waals surface area contributed by atoms with Crippen LogP contribution < -0.4 is 11.1 Å². The van der Waals surface area contributed by atoms with Gasteiger partial charge in [-0.1, -0.05) is 0 Å². The molecule has 1 heterocycles. The van der Waals surface area contributed by atoms with Gasteiger partial charge in [0.2, 0.25) is 0 Å². The number of urea groups is 1. The standard InChI is InChI=1S/C7H16N4O/c1-10(2)6-5-9-3-4-11(6)7(8)12/h6,9H,3-5H2,1-2H3,(H2,8,12). The van der Waals surface area contributed by atoms with Crippen molar-refractivity contribution in [3.8, 4) is 0 Å². The maximum absolute atomic E-state index is 11.0. The van der Waals surface area contributed by atoms with Crippen LogP contribution in [0.25, 0.3) is 0 Å². The van der Waals surface area contributed by atoms with Crippen molar-refractivity contribution in [2.45, 2.75) is 6.17 Å². The first-order chi connectivity index (χ1) is 5.63. The Labute approximate surface area is 72.5 Å². The van der Waals surface area contributed by atoms with E-state index in [4.69, 9.17) is 5.73 Å². The van der Waals surface area contributed by atoms with E-state index in [0.717, 1.165) is 13.1 Å². The van der Waals surface area contributed by atoms with Crippen molar-refractivity contribution in [3.63, 3.8) is 0 Å². The molecule has 1 atom stereocenters. The molecule has 0 aromatic rings. The van der Waals surface area contributed by atoms with E-state index in [0.29, 0.717) is 6.54 Å². The summed E-state index contributed by atoms with van der Waals surface area (Å²) >= 11 is 0. The van der Waals surface area contributed by atoms with Crippen molar-refractivity contribution in [2.75, 3.05) is 33.7 Å². The Morgan fingerprint density at radius 2 is 2.33 bits per heavy atom. The van der Waals surface area contributed by atoms with E-state index in [9.17, 15) is 4.79 Å². The Bertz CT molecular complexity index is 171. The molecule has 1 aliphatic rings. The molecular weight excluding hydrogens is 156 g/mol. The first-order valence-corrected chi connectivity index (χ1v) is 4.06. The topological polar surface area (TPSA) is 61.6 Å². The zero-order valence-corrected chi connectivity index (χ0v) is 7.58. The number of carbonyl (C=O) groups excluding carboxylic acids is 1. The van der Waals surface area contributed by atoms with Crippen molar-refractivity contribution in [1.82, 2.24) is 15.1 Å². The van der Waals surface area contributed by atoms with Gasteiger partial charge in [0, 0.05) is 19.6 Å². The second kappa shape index (κ2) is 3.73. The molecular formula is C7H16N4O. The minimum atomic E-state index is -0.338. The average molecular weight is 172 g/mol. The summed E-state index contributed by atoms with van der Waals surface area (Å²) in [6, 6.07) is -0.338. The number of rotatable bonds is 1. The fourth-order valence-electron chi connectivity index (χ4n) is 1.41. The number of nitrogens with zero attached hydrogens (tertiary/aromatic N) is 2. The first kappa shape index (κ1) is 9.28. The summed E-state index contributed by atoms with van der Waals surface area (Å²) in [5, 5.41) is 3.21. The van der Waals surface area contributed by atoms with Gasteiger partial charge in [-0.3, -0.25) is 4.90 Å². The molecule has 5 heteroatoms. The highest BCUT2D eigenvalue weighted by molar-refractivity contribution is 5.72. The molecule has 1 aliphatic heterocycles. The number of hydrogen-bond acceptors (Lipinski definition) is 3. The lowest BCUT2D eigenvalue weighted by Crippen LogP contribution is -2.60. The SMILES string of the molecule is CN(C)C1CNCCN1C(N)=O. The molecule has 1 fully saturated rings. The number of hydrogen-bond donors (Lipinski definition) is 2. The van der Waals surface area contributed by atoms with Crippen LogP contribution in [-0.4, -0.2) is 55.7 Å². The summed E-state index contributed by atoms with van der Waals surface area (Å²) in [5.41, 5.74) is 5.23. The lowest BCUT2D eigenvalue weighted by Gasteiger charge is -2.38. The van der Waals surface area contributed by atoms with Crippen molar-refractivity contribution >= 4 is 6.03 Å². The predicted octanol–water partition coefficient (Wildman–Crippen LogP) is -1.14. The smallest absolute Gasteiger partial charge is 0.316 e. The van der Waals surface area contributed by atoms with Gasteiger partial charge in [0.1, 0.15) is 0 Å². The van der Waals surface area contributed by atoms with Crippen molar-refractivity contribution < 1.29 is 4.79 Å². The van der Waals surface area contributed by atoms with E-state index >= 15 is 0 Å². The third-order valence-electron chi connectivity index (χ3n) is 2.10. The molecule has 0 aromatic carbocycles. The molecule has 2 amide bonds. The van der Waals surface area contributed by atoms with E-state index in [1.165, 1.54) is 0 Å². The molecule has 1 unspecified atom stereocenters. The number of likely N-dealkylation sites (N-methyl/N-ethyl adjacent to an activating group) is 1. The second-order valence-electron chi connectivity index (χ2n) is 3.18. The van der Waals surface area contributed by atoms with E-state index < -0.39 is 0 Å². The molecule has 1 saturated heterocycles. The molecule has 0 radical (unpaired) electrons. The fourth-order valence-corrected chi connectivity index (χ4v) is 1.41. The molecule has 0 aliphatic carbocycles. The number of nitrogens with two attached hydrogens (primary N) is 1. The minimum absolute atomic E-state index is 0.0937. The van der Waals surface area contributed by atoms with Gasteiger partial charge in [-0.2, -0.15) is 0 Å². The highest BCUT2D eigenvalue weighted by atomic mass is 16.2. The van der Waals surface area contributed by atoms with Gasteiger partial charge in [0.25, 0.3) is 0 Å². The van der Waals surface area contributed by atoms with Crippen LogP contribution >= 0.6 is 0 Å². The van der Waals surface area contributed by atoms with Crippen LogP contribution in [0.15, 0.2) is 0 Å². The lowest BCUT2D eigenvalue weighted by atomic mass is 10.3. The van der Waals surface area contributed by atoms with Gasteiger partial charge >= 0.3 is 6.03 Å². The Morgan fingerprint density at radius 3 is 2.75 bits per heavy atom. The van der Waals surface area contributed by atoms with E-state index in [1.807, 2.05) is 19.0 Å². The van der Waals surface area contributed by atoms with Gasteiger partial charge in [-0.25, -0.2) is 4.79 Å². The van der Waals surface area contributed by atoms with Crippen LogP contribution in [-0.2, 0) is 0 Å². The van der Waals surface area contributed by atoms with Gasteiger partial charge in [0.15, 0.2) is 0 Å². The third-order valence-corrected chi connectivity index (χ3v) is 2.10.